The van der Waals surface area contributed by atoms with Crippen molar-refractivity contribution in [1.29, 1.82) is 0 Å². The molecule has 108 valence electrons. The van der Waals surface area contributed by atoms with Crippen molar-refractivity contribution in [2.24, 2.45) is 0 Å². The highest BCUT2D eigenvalue weighted by Crippen LogP contribution is 2.09. The maximum absolute atomic E-state index is 11.7. The maximum atomic E-state index is 11.7. The summed E-state index contributed by atoms with van der Waals surface area (Å²) in [6.45, 7) is 4.61. The van der Waals surface area contributed by atoms with E-state index in [1.54, 1.807) is 0 Å². The normalized spacial score (nSPS) is 10.8. The Balaban J connectivity index is 1.93. The zero-order valence-electron chi connectivity index (χ0n) is 11.5. The van der Waals surface area contributed by atoms with Crippen LogP contribution in [0.5, 0.6) is 5.95 Å². The van der Waals surface area contributed by atoms with Crippen molar-refractivity contribution in [3.8, 4) is 11.6 Å². The Morgan fingerprint density at radius 3 is 2.90 bits per heavy atom. The van der Waals surface area contributed by atoms with E-state index in [1.165, 1.54) is 4.68 Å². The second-order valence-corrected chi connectivity index (χ2v) is 4.28. The number of para-hydroxylation sites is 1. The predicted molar refractivity (Wildman–Crippen MR) is 70.3 cm³/mol. The molecular weight excluding hydrogens is 258 g/mol. The average Bonchev–Trinajstić information content (AvgIpc) is 2.85. The molecule has 0 saturated heterocycles. The van der Waals surface area contributed by atoms with Gasteiger partial charge in [-0.15, -0.1) is 0 Å². The van der Waals surface area contributed by atoms with Crippen LogP contribution in [0, 0.1) is 0 Å². The molecule has 0 amide bonds. The molecule has 0 radical (unpaired) electrons. The summed E-state index contributed by atoms with van der Waals surface area (Å²) in [5.41, 5.74) is 1.30. The summed E-state index contributed by atoms with van der Waals surface area (Å²) < 4.78 is 11.5. The molecule has 0 fully saturated rings. The van der Waals surface area contributed by atoms with Crippen LogP contribution < -0.4 is 15.1 Å². The fourth-order valence-electron chi connectivity index (χ4n) is 1.84. The maximum Gasteiger partial charge on any atom is 0.253 e. The number of ether oxygens (including phenoxy) is 1. The van der Waals surface area contributed by atoms with Gasteiger partial charge in [0.05, 0.1) is 11.8 Å². The van der Waals surface area contributed by atoms with Gasteiger partial charge in [0.1, 0.15) is 0 Å². The Morgan fingerprint density at radius 1 is 1.35 bits per heavy atom. The predicted octanol–water partition coefficient (Wildman–Crippen LogP) is 0.541. The lowest BCUT2D eigenvalue weighted by Crippen LogP contribution is -2.39. The lowest BCUT2D eigenvalue weighted by Gasteiger charge is -2.03. The second-order valence-electron chi connectivity index (χ2n) is 4.28. The summed E-state index contributed by atoms with van der Waals surface area (Å²) in [7, 11) is 0. The highest BCUT2D eigenvalue weighted by Gasteiger charge is 2.19. The highest BCUT2D eigenvalue weighted by atomic mass is 16.6. The van der Waals surface area contributed by atoms with Gasteiger partial charge in [-0.3, -0.25) is 0 Å². The van der Waals surface area contributed by atoms with Crippen LogP contribution in [-0.4, -0.2) is 25.0 Å². The van der Waals surface area contributed by atoms with Crippen molar-refractivity contribution < 1.29 is 19.0 Å². The van der Waals surface area contributed by atoms with Gasteiger partial charge in [0.25, 0.3) is 5.69 Å². The van der Waals surface area contributed by atoms with Crippen LogP contribution in [0.4, 0.5) is 0 Å². The van der Waals surface area contributed by atoms with Crippen molar-refractivity contribution in [1.82, 2.24) is 10.6 Å². The minimum atomic E-state index is -0.411. The molecule has 6 heteroatoms. The van der Waals surface area contributed by atoms with Gasteiger partial charge in [-0.1, -0.05) is 18.2 Å². The van der Waals surface area contributed by atoms with Crippen LogP contribution in [0.3, 0.4) is 0 Å². The molecule has 1 heterocycles. The minimum absolute atomic E-state index is 0.411. The summed E-state index contributed by atoms with van der Waals surface area (Å²) in [5, 5.41) is 18.6. The van der Waals surface area contributed by atoms with Crippen LogP contribution in [0.2, 0.25) is 0 Å². The quantitative estimate of drug-likeness (QED) is 0.563. The molecule has 0 aliphatic heterocycles. The van der Waals surface area contributed by atoms with E-state index in [2.05, 4.69) is 10.6 Å². The van der Waals surface area contributed by atoms with Gasteiger partial charge in [-0.2, -0.15) is 0 Å². The molecule has 0 saturated carbocycles. The lowest BCUT2D eigenvalue weighted by molar-refractivity contribution is -0.677. The Morgan fingerprint density at radius 2 is 2.15 bits per heavy atom. The van der Waals surface area contributed by atoms with E-state index in [0.717, 1.165) is 31.9 Å². The van der Waals surface area contributed by atoms with Crippen LogP contribution in [-0.2, 0) is 11.3 Å². The Hall–Kier alpha value is -1.92. The standard InChI is InChI=1S/C14H19N3O3/c1-2-19-10-6-9-15-11-13-14(18)20-16-17(13)12-7-4-3-5-8-12/h3-5,7-8,15H,2,6,9-11H2,1H3. The molecule has 1 aromatic heterocycles. The first-order valence-electron chi connectivity index (χ1n) is 6.74. The van der Waals surface area contributed by atoms with E-state index in [4.69, 9.17) is 9.26 Å². The topological polar surface area (TPSA) is 74.2 Å². The number of nitrogens with one attached hydrogen (secondary N) is 1. The Kier molecular flexibility index (Phi) is 5.52. The first kappa shape index (κ1) is 14.5. The molecule has 0 spiro atoms. The molecule has 0 unspecified atom stereocenters. The largest absolute Gasteiger partial charge is 0.539 e. The minimum Gasteiger partial charge on any atom is -0.539 e. The second kappa shape index (κ2) is 7.62. The van der Waals surface area contributed by atoms with E-state index in [1.807, 2.05) is 37.3 Å². The average molecular weight is 277 g/mol. The first-order valence-corrected chi connectivity index (χ1v) is 6.74. The van der Waals surface area contributed by atoms with Gasteiger partial charge in [-0.05, 0) is 24.6 Å². The summed E-state index contributed by atoms with van der Waals surface area (Å²) >= 11 is 0. The van der Waals surface area contributed by atoms with Crippen molar-refractivity contribution in [3.63, 3.8) is 0 Å². The molecule has 0 bridgehead atoms. The molecule has 0 aliphatic carbocycles. The molecule has 0 atom stereocenters. The Labute approximate surface area is 117 Å². The summed E-state index contributed by atoms with van der Waals surface area (Å²) in [4.78, 5) is 0. The molecule has 0 aliphatic rings. The van der Waals surface area contributed by atoms with Crippen LogP contribution in [0.25, 0.3) is 5.69 Å². The lowest BCUT2D eigenvalue weighted by atomic mass is 10.3. The smallest absolute Gasteiger partial charge is 0.253 e. The van der Waals surface area contributed by atoms with E-state index < -0.39 is 5.95 Å². The van der Waals surface area contributed by atoms with E-state index in [-0.39, 0.29) is 0 Å². The fraction of sp³-hybridized carbons (Fsp3) is 0.429. The number of nitrogens with zero attached hydrogens (tertiary/aromatic N) is 2. The van der Waals surface area contributed by atoms with Gasteiger partial charge < -0.3 is 19.7 Å². The SMILES string of the molecule is CCOCCCNCc1c([O-])on[n+]1-c1ccccc1. The highest BCUT2D eigenvalue weighted by molar-refractivity contribution is 5.22. The van der Waals surface area contributed by atoms with Crippen LogP contribution in [0.15, 0.2) is 34.9 Å². The van der Waals surface area contributed by atoms with Gasteiger partial charge in [0.15, 0.2) is 5.95 Å². The van der Waals surface area contributed by atoms with E-state index >= 15 is 0 Å². The summed E-state index contributed by atoms with van der Waals surface area (Å²) in [6.07, 6.45) is 0.901. The van der Waals surface area contributed by atoms with Crippen LogP contribution in [0.1, 0.15) is 19.0 Å². The van der Waals surface area contributed by atoms with Crippen LogP contribution >= 0.6 is 0 Å². The van der Waals surface area contributed by atoms with Gasteiger partial charge in [0.2, 0.25) is 5.69 Å². The first-order chi connectivity index (χ1) is 9.83. The third kappa shape index (κ3) is 3.79. The zero-order chi connectivity index (χ0) is 14.2. The molecular formula is C14H19N3O3. The van der Waals surface area contributed by atoms with Gasteiger partial charge in [-0.25, -0.2) is 0 Å². The number of benzene rings is 1. The Bertz CT molecular complexity index is 514. The van der Waals surface area contributed by atoms with Crippen molar-refractivity contribution >= 4 is 0 Å². The third-order valence-electron chi connectivity index (χ3n) is 2.84. The van der Waals surface area contributed by atoms with Gasteiger partial charge >= 0.3 is 0 Å². The fourth-order valence-corrected chi connectivity index (χ4v) is 1.84. The molecule has 6 nitrogen and oxygen atoms in total. The van der Waals surface area contributed by atoms with Gasteiger partial charge in [0, 0.05) is 25.3 Å². The number of rotatable bonds is 8. The molecule has 1 aromatic carbocycles. The van der Waals surface area contributed by atoms with Crippen molar-refractivity contribution in [2.75, 3.05) is 19.8 Å². The zero-order valence-corrected chi connectivity index (χ0v) is 11.5. The summed E-state index contributed by atoms with van der Waals surface area (Å²) in [5.74, 6) is -0.411. The van der Waals surface area contributed by atoms with Crippen molar-refractivity contribution in [2.45, 2.75) is 19.9 Å². The number of hydrogen-bond donors (Lipinski definition) is 1. The third-order valence-corrected chi connectivity index (χ3v) is 2.84. The van der Waals surface area contributed by atoms with Crippen molar-refractivity contribution in [3.05, 3.63) is 36.0 Å². The number of aromatic nitrogens is 2. The summed E-state index contributed by atoms with van der Waals surface area (Å²) in [6, 6.07) is 9.44. The molecule has 1 N–H and O–H groups in total. The monoisotopic (exact) mass is 277 g/mol. The molecule has 2 rings (SSSR count). The number of hydrogen-bond acceptors (Lipinski definition) is 5. The van der Waals surface area contributed by atoms with E-state index in [9.17, 15) is 5.11 Å². The molecule has 20 heavy (non-hydrogen) atoms. The van der Waals surface area contributed by atoms with E-state index in [0.29, 0.717) is 12.2 Å². The molecule has 2 aromatic rings.